The average Bonchev–Trinajstić information content (AvgIpc) is 2.35. The van der Waals surface area contributed by atoms with E-state index < -0.39 is 16.2 Å². The predicted octanol–water partition coefficient (Wildman–Crippen LogP) is 2.00. The molecule has 1 amide bonds. The number of hydrogen-bond donors (Lipinski definition) is 2. The second-order valence-corrected chi connectivity index (χ2v) is 5.30. The molecule has 0 fully saturated rings. The van der Waals surface area contributed by atoms with Gasteiger partial charge in [-0.2, -0.15) is 0 Å². The Morgan fingerprint density at radius 3 is 2.68 bits per heavy atom. The summed E-state index contributed by atoms with van der Waals surface area (Å²) in [4.78, 5) is 22.2. The molecular weight excluding hydrogens is 272 g/mol. The van der Waals surface area contributed by atoms with Crippen molar-refractivity contribution in [2.45, 2.75) is 13.8 Å². The van der Waals surface area contributed by atoms with Gasteiger partial charge < -0.3 is 10.4 Å². The Morgan fingerprint density at radius 2 is 2.16 bits per heavy atom. The molecule has 1 aromatic carbocycles. The highest BCUT2D eigenvalue weighted by Crippen LogP contribution is 2.26. The Morgan fingerprint density at radius 1 is 1.53 bits per heavy atom. The van der Waals surface area contributed by atoms with Crippen LogP contribution in [0.2, 0.25) is 5.02 Å². The van der Waals surface area contributed by atoms with E-state index >= 15 is 0 Å². The van der Waals surface area contributed by atoms with Crippen molar-refractivity contribution in [3.8, 4) is 0 Å². The predicted molar refractivity (Wildman–Crippen MR) is 71.3 cm³/mol. The molecule has 0 aliphatic rings. The lowest BCUT2D eigenvalue weighted by atomic mass is 9.95. The minimum atomic E-state index is -0.655. The summed E-state index contributed by atoms with van der Waals surface area (Å²) in [6.45, 7) is 3.59. The highest BCUT2D eigenvalue weighted by Gasteiger charge is 2.25. The number of carbonyl (C=O) groups excluding carboxylic acids is 1. The van der Waals surface area contributed by atoms with Crippen molar-refractivity contribution in [3.63, 3.8) is 0 Å². The van der Waals surface area contributed by atoms with E-state index in [1.807, 2.05) is 0 Å². The lowest BCUT2D eigenvalue weighted by molar-refractivity contribution is -0.385. The number of amides is 1. The van der Waals surface area contributed by atoms with E-state index in [2.05, 4.69) is 5.32 Å². The van der Waals surface area contributed by atoms with Crippen LogP contribution in [0.1, 0.15) is 24.2 Å². The van der Waals surface area contributed by atoms with Crippen LogP contribution < -0.4 is 5.32 Å². The van der Waals surface area contributed by atoms with Gasteiger partial charge in [0.15, 0.2) is 0 Å². The maximum absolute atomic E-state index is 12.0. The second kappa shape index (κ2) is 5.99. The third-order valence-corrected chi connectivity index (χ3v) is 2.89. The maximum Gasteiger partial charge on any atom is 0.283 e. The first-order valence-corrected chi connectivity index (χ1v) is 5.98. The standard InChI is InChI=1S/C12H15ClN2O4/c1-12(2,7-16)6-14-11(17)10-8(13)4-3-5-9(10)15(18)19/h3-5,16H,6-7H2,1-2H3,(H,14,17). The molecule has 0 saturated carbocycles. The zero-order valence-corrected chi connectivity index (χ0v) is 11.4. The number of halogens is 1. The number of aliphatic hydroxyl groups excluding tert-OH is 1. The van der Waals surface area contributed by atoms with Crippen LogP contribution in [0.25, 0.3) is 0 Å². The highest BCUT2D eigenvalue weighted by atomic mass is 35.5. The smallest absolute Gasteiger partial charge is 0.283 e. The number of aliphatic hydroxyl groups is 1. The molecule has 1 aromatic rings. The number of rotatable bonds is 5. The van der Waals surface area contributed by atoms with Gasteiger partial charge in [0, 0.05) is 24.6 Å². The van der Waals surface area contributed by atoms with Gasteiger partial charge in [-0.3, -0.25) is 14.9 Å². The van der Waals surface area contributed by atoms with E-state index in [4.69, 9.17) is 16.7 Å². The van der Waals surface area contributed by atoms with Gasteiger partial charge in [-0.05, 0) is 6.07 Å². The Bertz CT molecular complexity index is 503. The fourth-order valence-electron chi connectivity index (χ4n) is 1.35. The van der Waals surface area contributed by atoms with E-state index in [1.54, 1.807) is 13.8 Å². The lowest BCUT2D eigenvalue weighted by Crippen LogP contribution is -2.36. The van der Waals surface area contributed by atoms with E-state index in [0.717, 1.165) is 0 Å². The van der Waals surface area contributed by atoms with Crippen LogP contribution in [0.15, 0.2) is 18.2 Å². The summed E-state index contributed by atoms with van der Waals surface area (Å²) in [6.07, 6.45) is 0. The van der Waals surface area contributed by atoms with Crippen LogP contribution in [0.5, 0.6) is 0 Å². The third-order valence-electron chi connectivity index (χ3n) is 2.57. The van der Waals surface area contributed by atoms with Gasteiger partial charge in [-0.15, -0.1) is 0 Å². The first-order chi connectivity index (χ1) is 8.78. The summed E-state index contributed by atoms with van der Waals surface area (Å²) in [5.74, 6) is -0.626. The molecule has 0 aliphatic carbocycles. The average molecular weight is 287 g/mol. The molecule has 19 heavy (non-hydrogen) atoms. The number of benzene rings is 1. The molecule has 0 atom stereocenters. The monoisotopic (exact) mass is 286 g/mol. The Kier molecular flexibility index (Phi) is 4.85. The summed E-state index contributed by atoms with van der Waals surface area (Å²) < 4.78 is 0. The minimum absolute atomic E-state index is 0.0218. The fourth-order valence-corrected chi connectivity index (χ4v) is 1.61. The van der Waals surface area contributed by atoms with Crippen LogP contribution in [0, 0.1) is 15.5 Å². The first kappa shape index (κ1) is 15.4. The Hall–Kier alpha value is -1.66. The van der Waals surface area contributed by atoms with Crippen LogP contribution in [-0.2, 0) is 0 Å². The number of nitrogens with one attached hydrogen (secondary N) is 1. The van der Waals surface area contributed by atoms with Crippen LogP contribution in [-0.4, -0.2) is 29.1 Å². The molecular formula is C12H15ClN2O4. The van der Waals surface area contributed by atoms with Crippen LogP contribution in [0.4, 0.5) is 5.69 Å². The molecule has 0 heterocycles. The molecule has 0 bridgehead atoms. The third kappa shape index (κ3) is 3.90. The summed E-state index contributed by atoms with van der Waals surface area (Å²) in [5, 5.41) is 22.5. The van der Waals surface area contributed by atoms with Crippen molar-refractivity contribution < 1.29 is 14.8 Å². The zero-order valence-electron chi connectivity index (χ0n) is 10.6. The molecule has 0 aromatic heterocycles. The van der Waals surface area contributed by atoms with Crippen LogP contribution >= 0.6 is 11.6 Å². The molecule has 6 nitrogen and oxygen atoms in total. The number of carbonyl (C=O) groups is 1. The van der Waals surface area contributed by atoms with Gasteiger partial charge in [-0.1, -0.05) is 31.5 Å². The molecule has 2 N–H and O–H groups in total. The lowest BCUT2D eigenvalue weighted by Gasteiger charge is -2.21. The van der Waals surface area contributed by atoms with Crippen molar-refractivity contribution in [3.05, 3.63) is 38.9 Å². The largest absolute Gasteiger partial charge is 0.396 e. The van der Waals surface area contributed by atoms with Gasteiger partial charge in [0.2, 0.25) is 0 Å². The van der Waals surface area contributed by atoms with Crippen molar-refractivity contribution in [2.24, 2.45) is 5.41 Å². The quantitative estimate of drug-likeness (QED) is 0.639. The molecule has 0 saturated heterocycles. The first-order valence-electron chi connectivity index (χ1n) is 5.60. The highest BCUT2D eigenvalue weighted by molar-refractivity contribution is 6.34. The van der Waals surface area contributed by atoms with Crippen molar-refractivity contribution in [2.75, 3.05) is 13.2 Å². The van der Waals surface area contributed by atoms with Gasteiger partial charge in [-0.25, -0.2) is 0 Å². The summed E-state index contributed by atoms with van der Waals surface area (Å²) in [7, 11) is 0. The molecule has 0 radical (unpaired) electrons. The van der Waals surface area contributed by atoms with E-state index in [0.29, 0.717) is 0 Å². The van der Waals surface area contributed by atoms with Gasteiger partial charge in [0.05, 0.1) is 9.95 Å². The molecule has 0 unspecified atom stereocenters. The molecule has 0 spiro atoms. The number of nitrogens with zero attached hydrogens (tertiary/aromatic N) is 1. The number of nitro benzene ring substituents is 1. The second-order valence-electron chi connectivity index (χ2n) is 4.90. The molecule has 104 valence electrons. The number of hydrogen-bond acceptors (Lipinski definition) is 4. The molecule has 1 rings (SSSR count). The van der Waals surface area contributed by atoms with E-state index in [-0.39, 0.29) is 29.4 Å². The van der Waals surface area contributed by atoms with Crippen molar-refractivity contribution in [1.29, 1.82) is 0 Å². The van der Waals surface area contributed by atoms with E-state index in [9.17, 15) is 14.9 Å². The summed E-state index contributed by atoms with van der Waals surface area (Å²) in [6, 6.07) is 4.05. The normalized spacial score (nSPS) is 11.2. The van der Waals surface area contributed by atoms with Crippen molar-refractivity contribution >= 4 is 23.2 Å². The van der Waals surface area contributed by atoms with Gasteiger partial charge in [0.1, 0.15) is 5.56 Å². The van der Waals surface area contributed by atoms with Gasteiger partial charge >= 0.3 is 0 Å². The van der Waals surface area contributed by atoms with Crippen LogP contribution in [0.3, 0.4) is 0 Å². The van der Waals surface area contributed by atoms with Gasteiger partial charge in [0.25, 0.3) is 11.6 Å². The maximum atomic E-state index is 12.0. The fraction of sp³-hybridized carbons (Fsp3) is 0.417. The zero-order chi connectivity index (χ0) is 14.6. The van der Waals surface area contributed by atoms with E-state index in [1.165, 1.54) is 18.2 Å². The minimum Gasteiger partial charge on any atom is -0.396 e. The van der Waals surface area contributed by atoms with Crippen molar-refractivity contribution in [1.82, 2.24) is 5.32 Å². The molecule has 7 heteroatoms. The Labute approximate surface area is 115 Å². The Balaban J connectivity index is 2.97. The summed E-state index contributed by atoms with van der Waals surface area (Å²) >= 11 is 5.84. The SMILES string of the molecule is CC(C)(CO)CNC(=O)c1c(Cl)cccc1[N+](=O)[O-]. The number of nitro groups is 1. The molecule has 0 aliphatic heterocycles. The topological polar surface area (TPSA) is 92.5 Å². The summed E-state index contributed by atoms with van der Waals surface area (Å²) in [5.41, 5.74) is -1.01.